The Bertz CT molecular complexity index is 651. The molecular formula is C15H14N2O2. The maximum atomic E-state index is 11.7. The first kappa shape index (κ1) is 12.9. The van der Waals surface area contributed by atoms with E-state index in [-0.39, 0.29) is 12.0 Å². The molecule has 0 aliphatic heterocycles. The molecule has 2 aromatic rings. The second-order valence-corrected chi connectivity index (χ2v) is 4.02. The summed E-state index contributed by atoms with van der Waals surface area (Å²) >= 11 is 0. The van der Waals surface area contributed by atoms with Gasteiger partial charge in [0.1, 0.15) is 5.75 Å². The quantitative estimate of drug-likeness (QED) is 0.911. The maximum absolute atomic E-state index is 11.7. The van der Waals surface area contributed by atoms with E-state index in [0.29, 0.717) is 12.2 Å². The molecule has 4 nitrogen and oxygen atoms in total. The molecule has 2 rings (SSSR count). The van der Waals surface area contributed by atoms with Gasteiger partial charge < -0.3 is 9.72 Å². The Morgan fingerprint density at radius 2 is 1.95 bits per heavy atom. The summed E-state index contributed by atoms with van der Waals surface area (Å²) in [5.41, 5.74) is 1.91. The van der Waals surface area contributed by atoms with E-state index >= 15 is 0 Å². The Kier molecular flexibility index (Phi) is 3.99. The number of H-pyrrole nitrogens is 1. The lowest BCUT2D eigenvalue weighted by Crippen LogP contribution is -2.12. The molecule has 1 aromatic carbocycles. The van der Waals surface area contributed by atoms with E-state index in [1.165, 1.54) is 0 Å². The molecule has 1 aromatic heterocycles. The van der Waals surface area contributed by atoms with Gasteiger partial charge in [0, 0.05) is 11.3 Å². The lowest BCUT2D eigenvalue weighted by atomic mass is 10.1. The van der Waals surface area contributed by atoms with Gasteiger partial charge in [-0.15, -0.1) is 0 Å². The number of benzene rings is 1. The van der Waals surface area contributed by atoms with Crippen LogP contribution < -0.4 is 10.3 Å². The van der Waals surface area contributed by atoms with Gasteiger partial charge in [-0.25, -0.2) is 0 Å². The number of pyridine rings is 1. The van der Waals surface area contributed by atoms with Gasteiger partial charge in [-0.1, -0.05) is 6.07 Å². The molecule has 0 aliphatic carbocycles. The lowest BCUT2D eigenvalue weighted by Gasteiger charge is -2.05. The molecule has 0 saturated heterocycles. The molecule has 4 heteroatoms. The van der Waals surface area contributed by atoms with Crippen LogP contribution in [0.15, 0.2) is 41.2 Å². The third-order valence-electron chi connectivity index (χ3n) is 2.74. The first-order valence-corrected chi connectivity index (χ1v) is 6.07. The molecule has 0 spiro atoms. The molecule has 96 valence electrons. The fourth-order valence-corrected chi connectivity index (χ4v) is 1.79. The van der Waals surface area contributed by atoms with Crippen molar-refractivity contribution < 1.29 is 4.74 Å². The molecule has 0 saturated carbocycles. The minimum absolute atomic E-state index is 0.124. The smallest absolute Gasteiger partial charge is 0.252 e. The van der Waals surface area contributed by atoms with Gasteiger partial charge in [0.25, 0.3) is 5.56 Å². The van der Waals surface area contributed by atoms with Crippen molar-refractivity contribution in [2.75, 3.05) is 6.61 Å². The van der Waals surface area contributed by atoms with Crippen molar-refractivity contribution in [2.24, 2.45) is 0 Å². The van der Waals surface area contributed by atoms with Crippen molar-refractivity contribution in [3.8, 4) is 23.1 Å². The highest BCUT2D eigenvalue weighted by Crippen LogP contribution is 2.20. The molecule has 19 heavy (non-hydrogen) atoms. The van der Waals surface area contributed by atoms with Crippen LogP contribution in [0.4, 0.5) is 0 Å². The average Bonchev–Trinajstić information content (AvgIpc) is 2.43. The monoisotopic (exact) mass is 254 g/mol. The number of nitrogens with zero attached hydrogens (tertiary/aromatic N) is 1. The Balaban J connectivity index is 2.29. The molecule has 0 bridgehead atoms. The molecule has 0 aliphatic rings. The third-order valence-corrected chi connectivity index (χ3v) is 2.74. The van der Waals surface area contributed by atoms with Crippen molar-refractivity contribution in [3.05, 3.63) is 52.3 Å². The van der Waals surface area contributed by atoms with Crippen molar-refractivity contribution in [1.29, 1.82) is 5.26 Å². The number of hydrogen-bond donors (Lipinski definition) is 1. The van der Waals surface area contributed by atoms with E-state index in [4.69, 9.17) is 10.00 Å². The summed E-state index contributed by atoms with van der Waals surface area (Å²) in [4.78, 5) is 14.5. The maximum Gasteiger partial charge on any atom is 0.252 e. The number of aromatic nitrogens is 1. The fourth-order valence-electron chi connectivity index (χ4n) is 1.79. The number of nitriles is 1. The number of rotatable bonds is 4. The minimum Gasteiger partial charge on any atom is -0.494 e. The minimum atomic E-state index is -0.215. The molecule has 0 atom stereocenters. The van der Waals surface area contributed by atoms with Crippen LogP contribution in [0.25, 0.3) is 11.3 Å². The summed E-state index contributed by atoms with van der Waals surface area (Å²) in [6, 6.07) is 13.0. The largest absolute Gasteiger partial charge is 0.494 e. The zero-order valence-corrected chi connectivity index (χ0v) is 10.6. The molecule has 0 amide bonds. The summed E-state index contributed by atoms with van der Waals surface area (Å²) in [5, 5.41) is 8.59. The first-order valence-electron chi connectivity index (χ1n) is 6.07. The number of nitrogens with one attached hydrogen (secondary N) is 1. The molecule has 1 N–H and O–H groups in total. The van der Waals surface area contributed by atoms with E-state index in [2.05, 4.69) is 4.98 Å². The number of hydrogen-bond acceptors (Lipinski definition) is 3. The van der Waals surface area contributed by atoms with E-state index in [9.17, 15) is 4.79 Å². The van der Waals surface area contributed by atoms with Gasteiger partial charge in [-0.05, 0) is 42.8 Å². The first-order chi connectivity index (χ1) is 9.24. The molecule has 1 heterocycles. The van der Waals surface area contributed by atoms with E-state index in [0.717, 1.165) is 17.0 Å². The van der Waals surface area contributed by atoms with Gasteiger partial charge in [0.15, 0.2) is 0 Å². The van der Waals surface area contributed by atoms with E-state index in [1.54, 1.807) is 6.07 Å². The lowest BCUT2D eigenvalue weighted by molar-refractivity contribution is 0.340. The highest BCUT2D eigenvalue weighted by molar-refractivity contribution is 5.60. The topological polar surface area (TPSA) is 65.9 Å². The van der Waals surface area contributed by atoms with Crippen LogP contribution >= 0.6 is 0 Å². The molecule has 0 fully saturated rings. The van der Waals surface area contributed by atoms with Crippen LogP contribution in [-0.4, -0.2) is 11.6 Å². The second kappa shape index (κ2) is 5.87. The van der Waals surface area contributed by atoms with Crippen LogP contribution in [0.1, 0.15) is 12.5 Å². The summed E-state index contributed by atoms with van der Waals surface area (Å²) in [5.74, 6) is 0.801. The summed E-state index contributed by atoms with van der Waals surface area (Å²) in [6.45, 7) is 2.55. The fraction of sp³-hybridized carbons (Fsp3) is 0.200. The van der Waals surface area contributed by atoms with Crippen molar-refractivity contribution >= 4 is 0 Å². The van der Waals surface area contributed by atoms with Gasteiger partial charge in [-0.2, -0.15) is 5.26 Å². The third kappa shape index (κ3) is 3.02. The standard InChI is InChI=1S/C15H14N2O2/c1-2-19-13-6-3-11(4-7-13)14-8-5-12(9-10-16)15(18)17-14/h3-8H,2,9H2,1H3,(H,17,18). The molecule has 0 radical (unpaired) electrons. The van der Waals surface area contributed by atoms with Gasteiger partial charge in [0.2, 0.25) is 0 Å². The highest BCUT2D eigenvalue weighted by atomic mass is 16.5. The van der Waals surface area contributed by atoms with Crippen LogP contribution in [0.5, 0.6) is 5.75 Å². The molecule has 0 unspecified atom stereocenters. The van der Waals surface area contributed by atoms with Gasteiger partial charge >= 0.3 is 0 Å². The predicted molar refractivity (Wildman–Crippen MR) is 73.0 cm³/mol. The van der Waals surface area contributed by atoms with Crippen molar-refractivity contribution in [1.82, 2.24) is 4.98 Å². The normalized spacial score (nSPS) is 9.89. The summed E-state index contributed by atoms with van der Waals surface area (Å²) in [7, 11) is 0. The Labute approximate surface area is 111 Å². The average molecular weight is 254 g/mol. The summed E-state index contributed by atoms with van der Waals surface area (Å²) < 4.78 is 5.36. The zero-order valence-electron chi connectivity index (χ0n) is 10.6. The Hall–Kier alpha value is -2.54. The summed E-state index contributed by atoms with van der Waals surface area (Å²) in [6.07, 6.45) is 0.124. The number of ether oxygens (including phenoxy) is 1. The van der Waals surface area contributed by atoms with Crippen LogP contribution in [0.2, 0.25) is 0 Å². The van der Waals surface area contributed by atoms with E-state index < -0.39 is 0 Å². The number of aromatic amines is 1. The van der Waals surface area contributed by atoms with Crippen molar-refractivity contribution in [3.63, 3.8) is 0 Å². The van der Waals surface area contributed by atoms with Crippen LogP contribution in [0.3, 0.4) is 0 Å². The Morgan fingerprint density at radius 1 is 1.21 bits per heavy atom. The van der Waals surface area contributed by atoms with Crippen LogP contribution in [0, 0.1) is 11.3 Å². The highest BCUT2D eigenvalue weighted by Gasteiger charge is 2.03. The van der Waals surface area contributed by atoms with Crippen molar-refractivity contribution in [2.45, 2.75) is 13.3 Å². The predicted octanol–water partition coefficient (Wildman–Crippen LogP) is 2.51. The van der Waals surface area contributed by atoms with Crippen LogP contribution in [-0.2, 0) is 6.42 Å². The van der Waals surface area contributed by atoms with E-state index in [1.807, 2.05) is 43.3 Å². The SMILES string of the molecule is CCOc1ccc(-c2ccc(CC#N)c(=O)[nH]2)cc1. The van der Waals surface area contributed by atoms with Gasteiger partial charge in [-0.3, -0.25) is 4.79 Å². The second-order valence-electron chi connectivity index (χ2n) is 4.02. The zero-order chi connectivity index (χ0) is 13.7. The van der Waals surface area contributed by atoms with Gasteiger partial charge in [0.05, 0.1) is 19.1 Å². The Morgan fingerprint density at radius 3 is 2.53 bits per heavy atom. The molecular weight excluding hydrogens is 240 g/mol.